The molecule has 4 rings (SSSR count). The molecule has 0 aliphatic rings. The zero-order valence-corrected chi connectivity index (χ0v) is 17.9. The Morgan fingerprint density at radius 1 is 1.03 bits per heavy atom. The third-order valence-electron chi connectivity index (χ3n) is 5.39. The second kappa shape index (κ2) is 8.85. The normalized spacial score (nSPS) is 12.0. The van der Waals surface area contributed by atoms with Gasteiger partial charge in [-0.2, -0.15) is 0 Å². The van der Waals surface area contributed by atoms with Crippen molar-refractivity contribution < 1.29 is 19.1 Å². The summed E-state index contributed by atoms with van der Waals surface area (Å²) in [6.07, 6.45) is 1.76. The van der Waals surface area contributed by atoms with E-state index in [-0.39, 0.29) is 17.5 Å². The van der Waals surface area contributed by atoms with Crippen LogP contribution < -0.4 is 5.32 Å². The lowest BCUT2D eigenvalue weighted by Crippen LogP contribution is -2.27. The fraction of sp³-hybridized carbons (Fsp3) is 0.120. The van der Waals surface area contributed by atoms with Crippen LogP contribution in [0.2, 0.25) is 5.02 Å². The van der Waals surface area contributed by atoms with Gasteiger partial charge in [0.2, 0.25) is 0 Å². The molecule has 0 unspecified atom stereocenters. The molecule has 32 heavy (non-hydrogen) atoms. The van der Waals surface area contributed by atoms with E-state index < -0.39 is 11.8 Å². The van der Waals surface area contributed by atoms with Crippen molar-refractivity contribution in [3.05, 3.63) is 106 Å². The maximum absolute atomic E-state index is 14.5. The molecule has 1 atom stereocenters. The molecule has 2 N–H and O–H groups in total. The molecule has 1 heterocycles. The van der Waals surface area contributed by atoms with Crippen molar-refractivity contribution >= 4 is 34.4 Å². The molecule has 4 aromatic rings. The molecular formula is C25H20ClFN2O3. The minimum Gasteiger partial charge on any atom is -0.478 e. The SMILES string of the molecule is C[C@H](NC(=O)c1ccc(F)c2ccn(Cc3ccc(Cl)cc3)c12)c1ccc(C(=O)O)cc1. The van der Waals surface area contributed by atoms with Gasteiger partial charge in [0.25, 0.3) is 5.91 Å². The Balaban J connectivity index is 1.63. The maximum atomic E-state index is 14.5. The van der Waals surface area contributed by atoms with Crippen molar-refractivity contribution in [2.75, 3.05) is 0 Å². The van der Waals surface area contributed by atoms with Gasteiger partial charge in [-0.25, -0.2) is 9.18 Å². The highest BCUT2D eigenvalue weighted by Crippen LogP contribution is 2.26. The molecule has 0 radical (unpaired) electrons. The molecule has 3 aromatic carbocycles. The highest BCUT2D eigenvalue weighted by molar-refractivity contribution is 6.30. The summed E-state index contributed by atoms with van der Waals surface area (Å²) in [4.78, 5) is 24.2. The van der Waals surface area contributed by atoms with Gasteiger partial charge in [-0.1, -0.05) is 35.9 Å². The molecule has 162 valence electrons. The third kappa shape index (κ3) is 4.36. The number of nitrogens with zero attached hydrogens (tertiary/aromatic N) is 1. The molecule has 7 heteroatoms. The van der Waals surface area contributed by atoms with Crippen LogP contribution in [0.15, 0.2) is 72.9 Å². The number of hydrogen-bond acceptors (Lipinski definition) is 2. The van der Waals surface area contributed by atoms with Crippen molar-refractivity contribution in [1.82, 2.24) is 9.88 Å². The van der Waals surface area contributed by atoms with E-state index >= 15 is 0 Å². The maximum Gasteiger partial charge on any atom is 0.335 e. The van der Waals surface area contributed by atoms with Crippen molar-refractivity contribution in [2.24, 2.45) is 0 Å². The third-order valence-corrected chi connectivity index (χ3v) is 5.64. The van der Waals surface area contributed by atoms with Gasteiger partial charge in [0.1, 0.15) is 5.82 Å². The summed E-state index contributed by atoms with van der Waals surface area (Å²) in [6, 6.07) is 17.7. The number of amides is 1. The van der Waals surface area contributed by atoms with Crippen molar-refractivity contribution in [2.45, 2.75) is 19.5 Å². The Morgan fingerprint density at radius 2 is 1.72 bits per heavy atom. The Kier molecular flexibility index (Phi) is 5.97. The summed E-state index contributed by atoms with van der Waals surface area (Å²) in [5, 5.41) is 13.0. The Morgan fingerprint density at radius 3 is 2.38 bits per heavy atom. The van der Waals surface area contributed by atoms with Crippen LogP contribution in [-0.4, -0.2) is 21.6 Å². The molecule has 1 amide bonds. The van der Waals surface area contributed by atoms with Gasteiger partial charge in [-0.05, 0) is 60.5 Å². The van der Waals surface area contributed by atoms with Gasteiger partial charge in [0.05, 0.1) is 22.7 Å². The lowest BCUT2D eigenvalue weighted by atomic mass is 10.0. The Bertz CT molecular complexity index is 1300. The zero-order valence-electron chi connectivity index (χ0n) is 17.2. The first kappa shape index (κ1) is 21.6. The summed E-state index contributed by atoms with van der Waals surface area (Å²) in [5.41, 5.74) is 2.76. The van der Waals surface area contributed by atoms with Crippen LogP contribution in [0.3, 0.4) is 0 Å². The molecule has 0 saturated heterocycles. The van der Waals surface area contributed by atoms with Crippen LogP contribution in [0.5, 0.6) is 0 Å². The molecule has 1 aromatic heterocycles. The van der Waals surface area contributed by atoms with Gasteiger partial charge >= 0.3 is 5.97 Å². The largest absolute Gasteiger partial charge is 0.478 e. The highest BCUT2D eigenvalue weighted by Gasteiger charge is 2.19. The number of fused-ring (bicyclic) bond motifs is 1. The van der Waals surface area contributed by atoms with Crippen LogP contribution in [0.25, 0.3) is 10.9 Å². The average molecular weight is 451 g/mol. The molecule has 0 spiro atoms. The zero-order chi connectivity index (χ0) is 22.8. The minimum absolute atomic E-state index is 0.174. The van der Waals surface area contributed by atoms with E-state index in [2.05, 4.69) is 5.32 Å². The van der Waals surface area contributed by atoms with Crippen LogP contribution in [0.4, 0.5) is 4.39 Å². The summed E-state index contributed by atoms with van der Waals surface area (Å²) in [7, 11) is 0. The molecule has 5 nitrogen and oxygen atoms in total. The van der Waals surface area contributed by atoms with Crippen molar-refractivity contribution in [1.29, 1.82) is 0 Å². The van der Waals surface area contributed by atoms with E-state index in [1.54, 1.807) is 43.5 Å². The summed E-state index contributed by atoms with van der Waals surface area (Å²) in [6.45, 7) is 2.26. The number of carboxylic acids is 1. The van der Waals surface area contributed by atoms with Gasteiger partial charge in [0, 0.05) is 23.2 Å². The predicted molar refractivity (Wildman–Crippen MR) is 122 cm³/mol. The molecule has 0 fully saturated rings. The molecular weight excluding hydrogens is 431 g/mol. The highest BCUT2D eigenvalue weighted by atomic mass is 35.5. The quantitative estimate of drug-likeness (QED) is 0.397. The number of nitrogens with one attached hydrogen (secondary N) is 1. The Labute approximate surface area is 189 Å². The van der Waals surface area contributed by atoms with Crippen LogP contribution in [0.1, 0.15) is 44.8 Å². The fourth-order valence-electron chi connectivity index (χ4n) is 3.66. The summed E-state index contributed by atoms with van der Waals surface area (Å²) >= 11 is 5.96. The fourth-order valence-corrected chi connectivity index (χ4v) is 3.79. The number of hydrogen-bond donors (Lipinski definition) is 2. The monoisotopic (exact) mass is 450 g/mol. The Hall–Kier alpha value is -3.64. The van der Waals surface area contributed by atoms with Crippen LogP contribution in [-0.2, 0) is 6.54 Å². The van der Waals surface area contributed by atoms with E-state index in [4.69, 9.17) is 16.7 Å². The van der Waals surface area contributed by atoms with Crippen molar-refractivity contribution in [3.8, 4) is 0 Å². The lowest BCUT2D eigenvalue weighted by Gasteiger charge is -2.16. The van der Waals surface area contributed by atoms with Gasteiger partial charge in [-0.3, -0.25) is 4.79 Å². The molecule has 0 bridgehead atoms. The first-order valence-electron chi connectivity index (χ1n) is 9.99. The van der Waals surface area contributed by atoms with Gasteiger partial charge < -0.3 is 15.0 Å². The molecule has 0 saturated carbocycles. The number of aromatic carboxylic acids is 1. The second-order valence-corrected chi connectivity index (χ2v) is 7.99. The predicted octanol–water partition coefficient (Wildman–Crippen LogP) is 5.67. The number of aromatic nitrogens is 1. The number of halogens is 2. The molecule has 0 aliphatic heterocycles. The minimum atomic E-state index is -1.01. The van der Waals surface area contributed by atoms with Crippen LogP contribution in [0, 0.1) is 5.82 Å². The standard InChI is InChI=1S/C25H20ClFN2O3/c1-15(17-4-6-18(7-5-17)25(31)32)28-24(30)21-10-11-22(27)20-12-13-29(23(20)21)14-16-2-8-19(26)9-3-16/h2-13,15H,14H2,1H3,(H,28,30)(H,31,32)/t15-/m0/s1. The molecule has 0 aliphatic carbocycles. The number of carbonyl (C=O) groups excluding carboxylic acids is 1. The van der Waals surface area contributed by atoms with E-state index in [0.717, 1.165) is 11.1 Å². The second-order valence-electron chi connectivity index (χ2n) is 7.55. The number of benzene rings is 3. The van der Waals surface area contributed by atoms with E-state index in [9.17, 15) is 14.0 Å². The number of rotatable bonds is 6. The first-order valence-corrected chi connectivity index (χ1v) is 10.4. The van der Waals surface area contributed by atoms with Gasteiger partial charge in [0.15, 0.2) is 0 Å². The summed E-state index contributed by atoms with van der Waals surface area (Å²) < 4.78 is 16.3. The van der Waals surface area contributed by atoms with E-state index in [0.29, 0.717) is 28.0 Å². The smallest absolute Gasteiger partial charge is 0.335 e. The van der Waals surface area contributed by atoms with Crippen molar-refractivity contribution in [3.63, 3.8) is 0 Å². The average Bonchev–Trinajstić information content (AvgIpc) is 3.20. The summed E-state index contributed by atoms with van der Waals surface area (Å²) in [5.74, 6) is -1.76. The number of carbonyl (C=O) groups is 2. The lowest BCUT2D eigenvalue weighted by molar-refractivity contribution is 0.0696. The van der Waals surface area contributed by atoms with Crippen LogP contribution >= 0.6 is 11.6 Å². The first-order chi connectivity index (χ1) is 15.3. The van der Waals surface area contributed by atoms with Gasteiger partial charge in [-0.15, -0.1) is 0 Å². The van der Waals surface area contributed by atoms with E-state index in [1.165, 1.54) is 24.3 Å². The van der Waals surface area contributed by atoms with E-state index in [1.807, 2.05) is 16.7 Å². The topological polar surface area (TPSA) is 71.3 Å². The number of carboxylic acid groups (broad SMARTS) is 1.